The SMILES string of the molecule is CC(=O)OC[C@H]1O[C@@H](O[C@H]2[C@H](OC(C)=O)[C@@H](OC(C)=O)[C@H](OC[C@H]3OC(O)[C@H](OC(C)=O)[C@@H](OC(C)=O)[C@H]3OC(C)=O)O[C@@H]2COC(C)=O)[C@H](OC(C)=O)[C@@H](OC(C)=O)[C@H]1OC(C)=O. The summed E-state index contributed by atoms with van der Waals surface area (Å²) in [4.78, 5) is 123. The Balaban J connectivity index is 2.16. The van der Waals surface area contributed by atoms with Crippen molar-refractivity contribution in [1.82, 2.24) is 0 Å². The first-order chi connectivity index (χ1) is 29.9. The molecule has 3 fully saturated rings. The van der Waals surface area contributed by atoms with Crippen molar-refractivity contribution in [3.8, 4) is 0 Å². The van der Waals surface area contributed by atoms with E-state index in [1.54, 1.807) is 0 Å². The molecule has 0 radical (unpaired) electrons. The standard InChI is InChI=1S/C38H52O26/c1-14(39)50-11-25-28(54-17(4)42)31(56-19(6)44)35(60-23(10)48)38(63-25)64-29-26(12-51-15(2)40)62-37(34(59-22(9)47)32(29)57-20(7)45)52-13-24-27(53-16(3)41)30(55-18(5)43)33(36(49)61-24)58-21(8)46/h24-38,49H,11-13H2,1-10H3/t24-,25-,26-,27+,28+,29-,30+,31+,32+,33-,34-,35-,36?,37-,38+/m1/s1. The van der Waals surface area contributed by atoms with Crippen molar-refractivity contribution in [2.75, 3.05) is 19.8 Å². The molecule has 0 bridgehead atoms. The van der Waals surface area contributed by atoms with Gasteiger partial charge < -0.3 is 76.2 Å². The van der Waals surface area contributed by atoms with Crippen LogP contribution < -0.4 is 0 Å². The van der Waals surface area contributed by atoms with Gasteiger partial charge in [-0.15, -0.1) is 0 Å². The van der Waals surface area contributed by atoms with E-state index in [1.165, 1.54) is 0 Å². The minimum atomic E-state index is -2.02. The third kappa shape index (κ3) is 15.6. The highest BCUT2D eigenvalue weighted by atomic mass is 16.8. The molecule has 3 saturated heterocycles. The molecule has 0 spiro atoms. The topological polar surface area (TPSA) is 329 Å². The molecule has 26 heteroatoms. The third-order valence-corrected chi connectivity index (χ3v) is 8.83. The molecule has 1 N–H and O–H groups in total. The van der Waals surface area contributed by atoms with E-state index < -0.39 is 172 Å². The van der Waals surface area contributed by atoms with Crippen LogP contribution in [0.1, 0.15) is 69.2 Å². The van der Waals surface area contributed by atoms with Gasteiger partial charge in [-0.3, -0.25) is 47.9 Å². The average molecular weight is 925 g/mol. The van der Waals surface area contributed by atoms with E-state index in [0.717, 1.165) is 69.2 Å². The average Bonchev–Trinajstić information content (AvgIpc) is 3.14. The van der Waals surface area contributed by atoms with Crippen molar-refractivity contribution in [3.63, 3.8) is 0 Å². The molecule has 15 atom stereocenters. The van der Waals surface area contributed by atoms with Gasteiger partial charge in [-0.2, -0.15) is 0 Å². The zero-order valence-corrected chi connectivity index (χ0v) is 36.4. The van der Waals surface area contributed by atoms with Gasteiger partial charge >= 0.3 is 59.7 Å². The lowest BCUT2D eigenvalue weighted by Gasteiger charge is -2.49. The lowest BCUT2D eigenvalue weighted by atomic mass is 9.95. The van der Waals surface area contributed by atoms with E-state index in [-0.39, 0.29) is 0 Å². The molecule has 0 saturated carbocycles. The largest absolute Gasteiger partial charge is 0.463 e. The summed E-state index contributed by atoms with van der Waals surface area (Å²) in [6.07, 6.45) is -26.3. The highest BCUT2D eigenvalue weighted by Crippen LogP contribution is 2.36. The van der Waals surface area contributed by atoms with Gasteiger partial charge in [0.1, 0.15) is 37.6 Å². The second-order valence-corrected chi connectivity index (χ2v) is 14.3. The van der Waals surface area contributed by atoms with Gasteiger partial charge in [-0.05, 0) is 0 Å². The molecule has 0 amide bonds. The summed E-state index contributed by atoms with van der Waals surface area (Å²) in [5.41, 5.74) is 0. The van der Waals surface area contributed by atoms with Gasteiger partial charge in [-0.1, -0.05) is 0 Å². The van der Waals surface area contributed by atoms with E-state index in [2.05, 4.69) is 0 Å². The molecule has 3 heterocycles. The minimum absolute atomic E-state index is 0.665. The second-order valence-electron chi connectivity index (χ2n) is 14.3. The number of rotatable bonds is 17. The Labute approximate surface area is 364 Å². The van der Waals surface area contributed by atoms with Crippen LogP contribution in [0.2, 0.25) is 0 Å². The first-order valence-electron chi connectivity index (χ1n) is 19.4. The molecular formula is C38H52O26. The van der Waals surface area contributed by atoms with Crippen LogP contribution in [0, 0.1) is 0 Å². The first kappa shape index (κ1) is 52.8. The molecule has 0 aromatic rings. The smallest absolute Gasteiger partial charge is 0.303 e. The molecule has 26 nitrogen and oxygen atoms in total. The van der Waals surface area contributed by atoms with Crippen LogP contribution in [-0.4, -0.2) is 177 Å². The van der Waals surface area contributed by atoms with Crippen molar-refractivity contribution in [1.29, 1.82) is 0 Å². The molecule has 64 heavy (non-hydrogen) atoms. The van der Waals surface area contributed by atoms with Gasteiger partial charge in [0.15, 0.2) is 67.7 Å². The molecular weight excluding hydrogens is 872 g/mol. The van der Waals surface area contributed by atoms with Crippen molar-refractivity contribution in [3.05, 3.63) is 0 Å². The van der Waals surface area contributed by atoms with Crippen LogP contribution >= 0.6 is 0 Å². The van der Waals surface area contributed by atoms with Crippen LogP contribution in [0.4, 0.5) is 0 Å². The Morgan fingerprint density at radius 3 is 1.05 bits per heavy atom. The summed E-state index contributed by atoms with van der Waals surface area (Å²) in [6.45, 7) is 7.71. The zero-order chi connectivity index (χ0) is 48.2. The van der Waals surface area contributed by atoms with Crippen LogP contribution in [-0.2, 0) is 119 Å². The number of ether oxygens (including phenoxy) is 15. The van der Waals surface area contributed by atoms with Crippen LogP contribution in [0.5, 0.6) is 0 Å². The Hall–Kier alpha value is -5.54. The molecule has 0 aliphatic carbocycles. The van der Waals surface area contributed by atoms with E-state index >= 15 is 0 Å². The Morgan fingerprint density at radius 1 is 0.344 bits per heavy atom. The van der Waals surface area contributed by atoms with Crippen LogP contribution in [0.15, 0.2) is 0 Å². The zero-order valence-electron chi connectivity index (χ0n) is 36.4. The first-order valence-corrected chi connectivity index (χ1v) is 19.4. The predicted molar refractivity (Wildman–Crippen MR) is 197 cm³/mol. The summed E-state index contributed by atoms with van der Waals surface area (Å²) in [7, 11) is 0. The fraction of sp³-hybridized carbons (Fsp3) is 0.737. The number of carbonyl (C=O) groups excluding carboxylic acids is 10. The lowest BCUT2D eigenvalue weighted by molar-refractivity contribution is -0.365. The lowest BCUT2D eigenvalue weighted by Crippen LogP contribution is -2.67. The highest BCUT2D eigenvalue weighted by molar-refractivity contribution is 5.70. The van der Waals surface area contributed by atoms with Crippen molar-refractivity contribution in [2.45, 2.75) is 161 Å². The van der Waals surface area contributed by atoms with Gasteiger partial charge in [0.05, 0.1) is 6.61 Å². The number of carbonyl (C=O) groups is 10. The maximum atomic E-state index is 12.8. The number of aliphatic hydroxyl groups excluding tert-OH is 1. The van der Waals surface area contributed by atoms with Gasteiger partial charge in [0.25, 0.3) is 0 Å². The number of esters is 10. The van der Waals surface area contributed by atoms with Crippen molar-refractivity contribution < 1.29 is 124 Å². The third-order valence-electron chi connectivity index (χ3n) is 8.83. The minimum Gasteiger partial charge on any atom is -0.463 e. The Kier molecular flexibility index (Phi) is 19.8. The normalized spacial score (nSPS) is 32.3. The Morgan fingerprint density at radius 2 is 0.641 bits per heavy atom. The van der Waals surface area contributed by atoms with E-state index in [1.807, 2.05) is 0 Å². The van der Waals surface area contributed by atoms with Gasteiger partial charge in [0, 0.05) is 69.2 Å². The molecule has 0 aromatic heterocycles. The van der Waals surface area contributed by atoms with Crippen molar-refractivity contribution >= 4 is 59.7 Å². The summed E-state index contributed by atoms with van der Waals surface area (Å²) >= 11 is 0. The van der Waals surface area contributed by atoms with Crippen LogP contribution in [0.25, 0.3) is 0 Å². The summed E-state index contributed by atoms with van der Waals surface area (Å²) in [5, 5.41) is 10.9. The molecule has 3 aliphatic heterocycles. The molecule has 3 aliphatic rings. The molecule has 0 aromatic carbocycles. The van der Waals surface area contributed by atoms with E-state index in [9.17, 15) is 53.1 Å². The summed E-state index contributed by atoms with van der Waals surface area (Å²) in [6, 6.07) is 0. The van der Waals surface area contributed by atoms with Gasteiger partial charge in [-0.25, -0.2) is 0 Å². The Bertz CT molecular complexity index is 1730. The highest BCUT2D eigenvalue weighted by Gasteiger charge is 2.58. The van der Waals surface area contributed by atoms with E-state index in [4.69, 9.17) is 71.1 Å². The second kappa shape index (κ2) is 23.9. The quantitative estimate of drug-likeness (QED) is 0.123. The summed E-state index contributed by atoms with van der Waals surface area (Å²) < 4.78 is 83.7. The van der Waals surface area contributed by atoms with Crippen molar-refractivity contribution in [2.24, 2.45) is 0 Å². The number of hydrogen-bond acceptors (Lipinski definition) is 26. The van der Waals surface area contributed by atoms with Gasteiger partial charge in [0.2, 0.25) is 0 Å². The molecule has 360 valence electrons. The number of aliphatic hydroxyl groups is 1. The van der Waals surface area contributed by atoms with E-state index in [0.29, 0.717) is 0 Å². The summed E-state index contributed by atoms with van der Waals surface area (Å²) in [5.74, 6) is -9.47. The fourth-order valence-corrected chi connectivity index (χ4v) is 6.80. The number of hydrogen-bond donors (Lipinski definition) is 1. The molecule has 1 unspecified atom stereocenters. The maximum absolute atomic E-state index is 12.8. The fourth-order valence-electron chi connectivity index (χ4n) is 6.80. The monoisotopic (exact) mass is 924 g/mol. The maximum Gasteiger partial charge on any atom is 0.303 e. The van der Waals surface area contributed by atoms with Crippen LogP contribution in [0.3, 0.4) is 0 Å². The predicted octanol–water partition coefficient (Wildman–Crippen LogP) is -1.86. The molecule has 3 rings (SSSR count).